The second-order valence-corrected chi connectivity index (χ2v) is 11.2. The van der Waals surface area contributed by atoms with Crippen molar-refractivity contribution in [2.45, 2.75) is 70.2 Å². The van der Waals surface area contributed by atoms with Crippen molar-refractivity contribution in [2.24, 2.45) is 11.8 Å². The Kier molecular flexibility index (Phi) is 5.95. The SMILES string of the molecule is Cc1c(C(=O)NC2CCCCC2)oc2ccc(S(=O)(=O)N3C[C@H](C)C[C@H](C)C3)cc12. The Morgan fingerprint density at radius 1 is 1.10 bits per heavy atom. The number of furan rings is 1. The lowest BCUT2D eigenvalue weighted by molar-refractivity contribution is 0.0901. The van der Waals surface area contributed by atoms with E-state index in [1.165, 1.54) is 6.42 Å². The van der Waals surface area contributed by atoms with E-state index in [0.717, 1.165) is 32.1 Å². The summed E-state index contributed by atoms with van der Waals surface area (Å²) in [5.74, 6) is 0.764. The number of aryl methyl sites for hydroxylation is 1. The maximum Gasteiger partial charge on any atom is 0.287 e. The van der Waals surface area contributed by atoms with Gasteiger partial charge in [0.1, 0.15) is 5.58 Å². The summed E-state index contributed by atoms with van der Waals surface area (Å²) in [7, 11) is -3.58. The number of carbonyl (C=O) groups excluding carboxylic acids is 1. The fourth-order valence-electron chi connectivity index (χ4n) is 5.03. The van der Waals surface area contributed by atoms with Crippen LogP contribution in [0.3, 0.4) is 0 Å². The lowest BCUT2D eigenvalue weighted by atomic mass is 9.94. The largest absolute Gasteiger partial charge is 0.451 e. The molecule has 0 unspecified atom stereocenters. The molecule has 2 heterocycles. The molecular formula is C23H32N2O4S. The van der Waals surface area contributed by atoms with Gasteiger partial charge in [-0.3, -0.25) is 4.79 Å². The van der Waals surface area contributed by atoms with E-state index in [4.69, 9.17) is 4.42 Å². The molecule has 1 aromatic carbocycles. The molecule has 2 aromatic rings. The van der Waals surface area contributed by atoms with Crippen molar-refractivity contribution < 1.29 is 17.6 Å². The molecule has 6 nitrogen and oxygen atoms in total. The highest BCUT2D eigenvalue weighted by Gasteiger charge is 2.32. The van der Waals surface area contributed by atoms with E-state index in [-0.39, 0.29) is 22.6 Å². The highest BCUT2D eigenvalue weighted by atomic mass is 32.2. The highest BCUT2D eigenvalue weighted by Crippen LogP contribution is 2.31. The fraction of sp³-hybridized carbons (Fsp3) is 0.609. The van der Waals surface area contributed by atoms with Gasteiger partial charge in [-0.05, 0) is 56.2 Å². The van der Waals surface area contributed by atoms with Gasteiger partial charge in [0.15, 0.2) is 5.76 Å². The Labute approximate surface area is 179 Å². The maximum atomic E-state index is 13.3. The van der Waals surface area contributed by atoms with Crippen molar-refractivity contribution in [2.75, 3.05) is 13.1 Å². The van der Waals surface area contributed by atoms with E-state index in [9.17, 15) is 13.2 Å². The van der Waals surface area contributed by atoms with Crippen molar-refractivity contribution in [1.82, 2.24) is 9.62 Å². The van der Waals surface area contributed by atoms with Crippen LogP contribution < -0.4 is 5.32 Å². The molecule has 1 aromatic heterocycles. The van der Waals surface area contributed by atoms with Crippen molar-refractivity contribution in [3.05, 3.63) is 29.5 Å². The van der Waals surface area contributed by atoms with Gasteiger partial charge in [-0.1, -0.05) is 33.1 Å². The zero-order chi connectivity index (χ0) is 21.5. The van der Waals surface area contributed by atoms with Crippen LogP contribution in [0, 0.1) is 18.8 Å². The summed E-state index contributed by atoms with van der Waals surface area (Å²) in [6.45, 7) is 7.11. The van der Waals surface area contributed by atoms with Gasteiger partial charge < -0.3 is 9.73 Å². The van der Waals surface area contributed by atoms with Gasteiger partial charge in [0.25, 0.3) is 5.91 Å². The molecule has 0 bridgehead atoms. The van der Waals surface area contributed by atoms with E-state index in [1.54, 1.807) is 22.5 Å². The number of piperidine rings is 1. The number of hydrogen-bond acceptors (Lipinski definition) is 4. The van der Waals surface area contributed by atoms with Crippen LogP contribution in [-0.2, 0) is 10.0 Å². The summed E-state index contributed by atoms with van der Waals surface area (Å²) in [5, 5.41) is 3.77. The molecule has 1 saturated heterocycles. The second-order valence-electron chi connectivity index (χ2n) is 9.29. The summed E-state index contributed by atoms with van der Waals surface area (Å²) >= 11 is 0. The van der Waals surface area contributed by atoms with Gasteiger partial charge in [-0.15, -0.1) is 0 Å². The van der Waals surface area contributed by atoms with Gasteiger partial charge in [0.2, 0.25) is 10.0 Å². The first kappa shape index (κ1) is 21.4. The molecule has 1 aliphatic heterocycles. The number of hydrogen-bond donors (Lipinski definition) is 1. The summed E-state index contributed by atoms with van der Waals surface area (Å²) in [6.07, 6.45) is 6.55. The summed E-state index contributed by atoms with van der Waals surface area (Å²) in [5.41, 5.74) is 1.23. The molecule has 0 radical (unpaired) electrons. The molecule has 1 N–H and O–H groups in total. The summed E-state index contributed by atoms with van der Waals surface area (Å²) in [6, 6.07) is 5.11. The lowest BCUT2D eigenvalue weighted by Crippen LogP contribution is -2.42. The minimum absolute atomic E-state index is 0.192. The Morgan fingerprint density at radius 2 is 1.77 bits per heavy atom. The van der Waals surface area contributed by atoms with Crippen LogP contribution in [0.2, 0.25) is 0 Å². The Hall–Kier alpha value is -1.86. The van der Waals surface area contributed by atoms with Gasteiger partial charge >= 0.3 is 0 Å². The van der Waals surface area contributed by atoms with Crippen LogP contribution in [0.5, 0.6) is 0 Å². The average Bonchev–Trinajstić information content (AvgIpc) is 3.04. The van der Waals surface area contributed by atoms with Crippen molar-refractivity contribution >= 4 is 26.9 Å². The van der Waals surface area contributed by atoms with Crippen LogP contribution in [0.25, 0.3) is 11.0 Å². The molecule has 4 rings (SSSR count). The smallest absolute Gasteiger partial charge is 0.287 e. The minimum Gasteiger partial charge on any atom is -0.451 e. The molecule has 7 heteroatoms. The number of fused-ring (bicyclic) bond motifs is 1. The number of nitrogens with one attached hydrogen (secondary N) is 1. The maximum absolute atomic E-state index is 13.3. The zero-order valence-electron chi connectivity index (χ0n) is 18.1. The minimum atomic E-state index is -3.58. The van der Waals surface area contributed by atoms with Crippen LogP contribution in [0.4, 0.5) is 0 Å². The molecule has 30 heavy (non-hydrogen) atoms. The predicted molar refractivity (Wildman–Crippen MR) is 117 cm³/mol. The number of nitrogens with zero attached hydrogens (tertiary/aromatic N) is 1. The molecule has 2 atom stereocenters. The molecule has 2 fully saturated rings. The third-order valence-electron chi connectivity index (χ3n) is 6.53. The van der Waals surface area contributed by atoms with E-state index < -0.39 is 10.0 Å². The van der Waals surface area contributed by atoms with Crippen LogP contribution in [0.15, 0.2) is 27.5 Å². The first-order valence-corrected chi connectivity index (χ1v) is 12.5. The predicted octanol–water partition coefficient (Wildman–Crippen LogP) is 4.47. The van der Waals surface area contributed by atoms with Gasteiger partial charge in [0.05, 0.1) is 4.90 Å². The molecule has 1 amide bonds. The molecule has 164 valence electrons. The van der Waals surface area contributed by atoms with Gasteiger partial charge in [0, 0.05) is 30.1 Å². The lowest BCUT2D eigenvalue weighted by Gasteiger charge is -2.34. The normalized spacial score (nSPS) is 24.2. The van der Waals surface area contributed by atoms with Crippen molar-refractivity contribution in [3.63, 3.8) is 0 Å². The Morgan fingerprint density at radius 3 is 2.43 bits per heavy atom. The molecule has 1 saturated carbocycles. The third kappa shape index (κ3) is 4.14. The first-order valence-electron chi connectivity index (χ1n) is 11.1. The summed E-state index contributed by atoms with van der Waals surface area (Å²) < 4.78 is 33.9. The Balaban J connectivity index is 1.61. The number of rotatable bonds is 4. The molecule has 1 aliphatic carbocycles. The Bertz CT molecular complexity index is 1030. The monoisotopic (exact) mass is 432 g/mol. The van der Waals surface area contributed by atoms with Crippen LogP contribution in [-0.4, -0.2) is 37.8 Å². The van der Waals surface area contributed by atoms with Crippen LogP contribution >= 0.6 is 0 Å². The summed E-state index contributed by atoms with van der Waals surface area (Å²) in [4.78, 5) is 13.0. The number of amides is 1. The quantitative estimate of drug-likeness (QED) is 0.773. The third-order valence-corrected chi connectivity index (χ3v) is 8.36. The second kappa shape index (κ2) is 8.35. The first-order chi connectivity index (χ1) is 14.3. The molecule has 2 aliphatic rings. The average molecular weight is 433 g/mol. The number of carbonyl (C=O) groups is 1. The number of benzene rings is 1. The number of sulfonamides is 1. The van der Waals surface area contributed by atoms with Crippen molar-refractivity contribution in [3.8, 4) is 0 Å². The van der Waals surface area contributed by atoms with E-state index in [1.807, 2.05) is 6.92 Å². The topological polar surface area (TPSA) is 79.6 Å². The van der Waals surface area contributed by atoms with Gasteiger partial charge in [-0.25, -0.2) is 8.42 Å². The van der Waals surface area contributed by atoms with E-state index in [2.05, 4.69) is 19.2 Å². The van der Waals surface area contributed by atoms with Crippen LogP contribution in [0.1, 0.15) is 68.5 Å². The van der Waals surface area contributed by atoms with E-state index in [0.29, 0.717) is 41.5 Å². The standard InChI is InChI=1S/C23H32N2O4S/c1-15-11-16(2)14-25(13-15)30(27,28)19-9-10-21-20(12-19)17(3)22(29-21)23(26)24-18-7-5-4-6-8-18/h9-10,12,15-16,18H,4-8,11,13-14H2,1-3H3,(H,24,26)/t15-,16+. The van der Waals surface area contributed by atoms with Gasteiger partial charge in [-0.2, -0.15) is 4.31 Å². The van der Waals surface area contributed by atoms with Crippen molar-refractivity contribution in [1.29, 1.82) is 0 Å². The highest BCUT2D eigenvalue weighted by molar-refractivity contribution is 7.89. The zero-order valence-corrected chi connectivity index (χ0v) is 18.9. The fourth-order valence-corrected chi connectivity index (χ4v) is 6.73. The molecular weight excluding hydrogens is 400 g/mol. The van der Waals surface area contributed by atoms with E-state index >= 15 is 0 Å². The molecule has 0 spiro atoms.